The number of hydrogen-bond donors (Lipinski definition) is 0. The Kier molecular flexibility index (Phi) is 5.51. The Morgan fingerprint density at radius 1 is 1.12 bits per heavy atom. The number of benzene rings is 2. The molecule has 25 heavy (non-hydrogen) atoms. The fraction of sp³-hybridized carbons (Fsp3) is 0.235. The minimum atomic E-state index is -4.84. The second-order valence-corrected chi connectivity index (χ2v) is 5.16. The third kappa shape index (κ3) is 4.85. The van der Waals surface area contributed by atoms with Gasteiger partial charge in [-0.2, -0.15) is 0 Å². The van der Waals surface area contributed by atoms with E-state index in [9.17, 15) is 22.4 Å². The van der Waals surface area contributed by atoms with E-state index in [2.05, 4.69) is 4.74 Å². The van der Waals surface area contributed by atoms with Gasteiger partial charge in [0.15, 0.2) is 0 Å². The van der Waals surface area contributed by atoms with E-state index < -0.39 is 23.8 Å². The van der Waals surface area contributed by atoms with E-state index in [0.29, 0.717) is 0 Å². The van der Waals surface area contributed by atoms with E-state index >= 15 is 0 Å². The standard InChI is InChI=1S/C17H15F4NO3/c1-22(16(23)13-9-12(18)7-8-15(13)24-2)10-11-5-3-4-6-14(11)25-17(19,20)21/h3-9H,10H2,1-2H3. The van der Waals surface area contributed by atoms with Crippen LogP contribution in [0.1, 0.15) is 15.9 Å². The molecule has 0 atom stereocenters. The van der Waals surface area contributed by atoms with Gasteiger partial charge in [0, 0.05) is 19.2 Å². The summed E-state index contributed by atoms with van der Waals surface area (Å²) in [6.07, 6.45) is -4.84. The number of methoxy groups -OCH3 is 1. The summed E-state index contributed by atoms with van der Waals surface area (Å²) < 4.78 is 59.8. The summed E-state index contributed by atoms with van der Waals surface area (Å²) in [7, 11) is 2.72. The number of halogens is 4. The number of rotatable bonds is 5. The quantitative estimate of drug-likeness (QED) is 0.759. The Bertz CT molecular complexity index is 762. The zero-order valence-electron chi connectivity index (χ0n) is 13.4. The lowest BCUT2D eigenvalue weighted by Crippen LogP contribution is -2.27. The highest BCUT2D eigenvalue weighted by Crippen LogP contribution is 2.28. The van der Waals surface area contributed by atoms with Crippen molar-refractivity contribution in [3.05, 3.63) is 59.4 Å². The summed E-state index contributed by atoms with van der Waals surface area (Å²) >= 11 is 0. The van der Waals surface area contributed by atoms with Gasteiger partial charge in [-0.25, -0.2) is 4.39 Å². The Morgan fingerprint density at radius 2 is 1.80 bits per heavy atom. The Hall–Kier alpha value is -2.77. The second-order valence-electron chi connectivity index (χ2n) is 5.16. The van der Waals surface area contributed by atoms with Gasteiger partial charge in [0.05, 0.1) is 12.7 Å². The van der Waals surface area contributed by atoms with Crippen LogP contribution in [0.5, 0.6) is 11.5 Å². The zero-order chi connectivity index (χ0) is 18.6. The molecular weight excluding hydrogens is 342 g/mol. The molecular formula is C17H15F4NO3. The SMILES string of the molecule is COc1ccc(F)cc1C(=O)N(C)Cc1ccccc1OC(F)(F)F. The van der Waals surface area contributed by atoms with Crippen LogP contribution in [-0.4, -0.2) is 31.3 Å². The van der Waals surface area contributed by atoms with Crippen molar-refractivity contribution in [2.24, 2.45) is 0 Å². The minimum absolute atomic E-state index is 0.0285. The Balaban J connectivity index is 2.24. The number of ether oxygens (including phenoxy) is 2. The molecule has 8 heteroatoms. The van der Waals surface area contributed by atoms with Crippen molar-refractivity contribution in [2.45, 2.75) is 12.9 Å². The summed E-state index contributed by atoms with van der Waals surface area (Å²) in [5, 5.41) is 0. The molecule has 0 bridgehead atoms. The van der Waals surface area contributed by atoms with Crippen LogP contribution in [0.25, 0.3) is 0 Å². The van der Waals surface area contributed by atoms with Crippen LogP contribution in [-0.2, 0) is 6.54 Å². The smallest absolute Gasteiger partial charge is 0.496 e. The van der Waals surface area contributed by atoms with Crippen molar-refractivity contribution in [3.63, 3.8) is 0 Å². The molecule has 0 fully saturated rings. The van der Waals surface area contributed by atoms with Crippen LogP contribution in [0, 0.1) is 5.82 Å². The van der Waals surface area contributed by atoms with Crippen molar-refractivity contribution in [3.8, 4) is 11.5 Å². The second kappa shape index (κ2) is 7.42. The van der Waals surface area contributed by atoms with Gasteiger partial charge in [-0.1, -0.05) is 18.2 Å². The Morgan fingerprint density at radius 3 is 2.44 bits per heavy atom. The van der Waals surface area contributed by atoms with Crippen molar-refractivity contribution >= 4 is 5.91 Å². The largest absolute Gasteiger partial charge is 0.573 e. The third-order valence-corrected chi connectivity index (χ3v) is 3.34. The third-order valence-electron chi connectivity index (χ3n) is 3.34. The van der Waals surface area contributed by atoms with E-state index in [-0.39, 0.29) is 23.4 Å². The topological polar surface area (TPSA) is 38.8 Å². The molecule has 2 aromatic carbocycles. The number of carbonyl (C=O) groups is 1. The van der Waals surface area contributed by atoms with Crippen LogP contribution >= 0.6 is 0 Å². The van der Waals surface area contributed by atoms with Gasteiger partial charge < -0.3 is 14.4 Å². The van der Waals surface area contributed by atoms with Crippen LogP contribution in [0.2, 0.25) is 0 Å². The van der Waals surface area contributed by atoms with E-state index in [1.54, 1.807) is 0 Å². The number of para-hydroxylation sites is 1. The fourth-order valence-electron chi connectivity index (χ4n) is 2.24. The molecule has 0 aliphatic heterocycles. The lowest BCUT2D eigenvalue weighted by atomic mass is 10.1. The molecule has 0 aliphatic rings. The monoisotopic (exact) mass is 357 g/mol. The van der Waals surface area contributed by atoms with Gasteiger partial charge in [-0.15, -0.1) is 13.2 Å². The van der Waals surface area contributed by atoms with Gasteiger partial charge in [-0.3, -0.25) is 4.79 Å². The minimum Gasteiger partial charge on any atom is -0.496 e. The molecule has 0 radical (unpaired) electrons. The zero-order valence-corrected chi connectivity index (χ0v) is 13.4. The molecule has 0 heterocycles. The number of nitrogens with zero attached hydrogens (tertiary/aromatic N) is 1. The molecule has 0 saturated heterocycles. The van der Waals surface area contributed by atoms with Crippen LogP contribution < -0.4 is 9.47 Å². The lowest BCUT2D eigenvalue weighted by molar-refractivity contribution is -0.275. The highest BCUT2D eigenvalue weighted by atomic mass is 19.4. The van der Waals surface area contributed by atoms with E-state index in [1.807, 2.05) is 0 Å². The molecule has 4 nitrogen and oxygen atoms in total. The van der Waals surface area contributed by atoms with Gasteiger partial charge in [-0.05, 0) is 24.3 Å². The summed E-state index contributed by atoms with van der Waals surface area (Å²) in [5.41, 5.74) is 0.130. The normalized spacial score (nSPS) is 11.1. The van der Waals surface area contributed by atoms with Crippen LogP contribution in [0.15, 0.2) is 42.5 Å². The van der Waals surface area contributed by atoms with Gasteiger partial charge >= 0.3 is 6.36 Å². The van der Waals surface area contributed by atoms with Crippen LogP contribution in [0.4, 0.5) is 17.6 Å². The van der Waals surface area contributed by atoms with Crippen molar-refractivity contribution < 1.29 is 31.8 Å². The summed E-state index contributed by atoms with van der Waals surface area (Å²) in [4.78, 5) is 13.6. The molecule has 0 unspecified atom stereocenters. The van der Waals surface area contributed by atoms with Crippen molar-refractivity contribution in [2.75, 3.05) is 14.2 Å². The summed E-state index contributed by atoms with van der Waals surface area (Å²) in [6.45, 7) is -0.162. The first kappa shape index (κ1) is 18.6. The number of hydrogen-bond acceptors (Lipinski definition) is 3. The average molecular weight is 357 g/mol. The maximum atomic E-state index is 13.4. The number of amides is 1. The molecule has 0 spiro atoms. The molecule has 134 valence electrons. The molecule has 1 amide bonds. The Labute approximate surface area is 141 Å². The molecule has 0 saturated carbocycles. The molecule has 2 aromatic rings. The molecule has 0 aliphatic carbocycles. The molecule has 2 rings (SSSR count). The molecule has 0 aromatic heterocycles. The predicted octanol–water partition coefficient (Wildman–Crippen LogP) is 4.01. The van der Waals surface area contributed by atoms with Gasteiger partial charge in [0.25, 0.3) is 5.91 Å². The lowest BCUT2D eigenvalue weighted by Gasteiger charge is -2.21. The number of alkyl halides is 3. The predicted molar refractivity (Wildman–Crippen MR) is 81.9 cm³/mol. The van der Waals surface area contributed by atoms with Crippen LogP contribution in [0.3, 0.4) is 0 Å². The fourth-order valence-corrected chi connectivity index (χ4v) is 2.24. The maximum absolute atomic E-state index is 13.4. The first-order valence-corrected chi connectivity index (χ1v) is 7.14. The molecule has 0 N–H and O–H groups in total. The van der Waals surface area contributed by atoms with E-state index in [1.165, 1.54) is 38.4 Å². The average Bonchev–Trinajstić information content (AvgIpc) is 2.54. The highest BCUT2D eigenvalue weighted by molar-refractivity contribution is 5.96. The highest BCUT2D eigenvalue weighted by Gasteiger charge is 2.32. The maximum Gasteiger partial charge on any atom is 0.573 e. The van der Waals surface area contributed by atoms with Gasteiger partial charge in [0.2, 0.25) is 0 Å². The van der Waals surface area contributed by atoms with E-state index in [4.69, 9.17) is 4.74 Å². The summed E-state index contributed by atoms with van der Waals surface area (Å²) in [6, 6.07) is 8.94. The van der Waals surface area contributed by atoms with E-state index in [0.717, 1.165) is 23.1 Å². The first-order valence-electron chi connectivity index (χ1n) is 7.14. The van der Waals surface area contributed by atoms with Crippen molar-refractivity contribution in [1.29, 1.82) is 0 Å². The number of carbonyl (C=O) groups excluding carboxylic acids is 1. The summed E-state index contributed by atoms with van der Waals surface area (Å²) in [5.74, 6) is -1.46. The van der Waals surface area contributed by atoms with Gasteiger partial charge in [0.1, 0.15) is 17.3 Å². The first-order chi connectivity index (χ1) is 11.7. The van der Waals surface area contributed by atoms with Crippen molar-refractivity contribution in [1.82, 2.24) is 4.90 Å².